The molecule has 0 radical (unpaired) electrons. The number of thiophene rings is 1. The van der Waals surface area contributed by atoms with Gasteiger partial charge in [-0.25, -0.2) is 0 Å². The molecular formula is C16H16N2O2S2. The van der Waals surface area contributed by atoms with Crippen molar-refractivity contribution in [2.45, 2.75) is 13.3 Å². The molecule has 1 amide bonds. The van der Waals surface area contributed by atoms with Crippen LogP contribution in [0.1, 0.15) is 10.4 Å². The smallest absolute Gasteiger partial charge is 0.253 e. The first kappa shape index (κ1) is 15.0. The Morgan fingerprint density at radius 3 is 2.86 bits per heavy atom. The van der Waals surface area contributed by atoms with Crippen LogP contribution < -0.4 is 9.54 Å². The molecule has 22 heavy (non-hydrogen) atoms. The van der Waals surface area contributed by atoms with Crippen molar-refractivity contribution in [2.75, 3.05) is 7.11 Å². The highest BCUT2D eigenvalue weighted by Crippen LogP contribution is 2.29. The van der Waals surface area contributed by atoms with Gasteiger partial charge < -0.3 is 9.30 Å². The van der Waals surface area contributed by atoms with E-state index in [1.54, 1.807) is 18.4 Å². The summed E-state index contributed by atoms with van der Waals surface area (Å²) in [7, 11) is 3.57. The van der Waals surface area contributed by atoms with E-state index >= 15 is 0 Å². The first-order valence-corrected chi connectivity index (χ1v) is 8.53. The number of carbonyl (C=O) groups excluding carboxylic acids is 1. The van der Waals surface area contributed by atoms with E-state index in [4.69, 9.17) is 4.74 Å². The lowest BCUT2D eigenvalue weighted by molar-refractivity contribution is -0.117. The zero-order valence-corrected chi connectivity index (χ0v) is 14.3. The molecule has 2 aromatic heterocycles. The van der Waals surface area contributed by atoms with E-state index in [1.807, 2.05) is 41.3 Å². The number of nitrogens with zero attached hydrogens (tertiary/aromatic N) is 2. The lowest BCUT2D eigenvalue weighted by Crippen LogP contribution is -2.14. The van der Waals surface area contributed by atoms with Crippen molar-refractivity contribution in [1.29, 1.82) is 0 Å². The maximum atomic E-state index is 12.2. The molecule has 6 heteroatoms. The van der Waals surface area contributed by atoms with E-state index in [0.29, 0.717) is 11.2 Å². The molecule has 0 saturated carbocycles. The topological polar surface area (TPSA) is 43.6 Å². The van der Waals surface area contributed by atoms with Gasteiger partial charge in [0.25, 0.3) is 5.91 Å². The van der Waals surface area contributed by atoms with Crippen LogP contribution in [-0.4, -0.2) is 17.6 Å². The van der Waals surface area contributed by atoms with Gasteiger partial charge in [0, 0.05) is 11.9 Å². The van der Waals surface area contributed by atoms with Crippen LogP contribution in [0.15, 0.2) is 34.6 Å². The number of carbonyl (C=O) groups is 1. The fourth-order valence-electron chi connectivity index (χ4n) is 2.33. The van der Waals surface area contributed by atoms with Crippen LogP contribution in [0.25, 0.3) is 10.2 Å². The number of amides is 1. The molecule has 0 saturated heterocycles. The van der Waals surface area contributed by atoms with Crippen LogP contribution in [0, 0.1) is 6.92 Å². The van der Waals surface area contributed by atoms with E-state index in [1.165, 1.54) is 11.3 Å². The van der Waals surface area contributed by atoms with Crippen LogP contribution in [0.3, 0.4) is 0 Å². The van der Waals surface area contributed by atoms with Crippen molar-refractivity contribution in [1.82, 2.24) is 4.57 Å². The van der Waals surface area contributed by atoms with Crippen molar-refractivity contribution >= 4 is 38.8 Å². The maximum Gasteiger partial charge on any atom is 0.253 e. The van der Waals surface area contributed by atoms with Crippen LogP contribution in [-0.2, 0) is 18.3 Å². The van der Waals surface area contributed by atoms with Crippen molar-refractivity contribution in [3.8, 4) is 5.75 Å². The minimum Gasteiger partial charge on any atom is -0.495 e. The highest BCUT2D eigenvalue weighted by Gasteiger charge is 2.12. The molecule has 0 fully saturated rings. The number of rotatable bonds is 3. The van der Waals surface area contributed by atoms with E-state index in [9.17, 15) is 4.79 Å². The second-order valence-electron chi connectivity index (χ2n) is 4.97. The number of aromatic nitrogens is 1. The van der Waals surface area contributed by atoms with E-state index in [-0.39, 0.29) is 5.91 Å². The van der Waals surface area contributed by atoms with Gasteiger partial charge >= 0.3 is 0 Å². The average molecular weight is 332 g/mol. The highest BCUT2D eigenvalue weighted by molar-refractivity contribution is 7.16. The number of ether oxygens (including phenoxy) is 1. The fraction of sp³-hybridized carbons (Fsp3) is 0.250. The van der Waals surface area contributed by atoms with Gasteiger partial charge in [-0.2, -0.15) is 4.99 Å². The lowest BCUT2D eigenvalue weighted by Gasteiger charge is -2.05. The number of methoxy groups -OCH3 is 1. The third-order valence-corrected chi connectivity index (χ3v) is 5.60. The summed E-state index contributed by atoms with van der Waals surface area (Å²) in [5.41, 5.74) is 2.14. The summed E-state index contributed by atoms with van der Waals surface area (Å²) in [6, 6.07) is 7.87. The predicted molar refractivity (Wildman–Crippen MR) is 90.7 cm³/mol. The van der Waals surface area contributed by atoms with Gasteiger partial charge in [-0.05, 0) is 30.0 Å². The van der Waals surface area contributed by atoms with Gasteiger partial charge in [0.05, 0.1) is 18.2 Å². The molecule has 0 aliphatic rings. The van der Waals surface area contributed by atoms with Crippen molar-refractivity contribution in [3.05, 3.63) is 44.9 Å². The summed E-state index contributed by atoms with van der Waals surface area (Å²) in [4.78, 5) is 18.2. The first-order valence-electron chi connectivity index (χ1n) is 6.83. The molecular weight excluding hydrogens is 316 g/mol. The summed E-state index contributed by atoms with van der Waals surface area (Å²) < 4.78 is 8.46. The van der Waals surface area contributed by atoms with Gasteiger partial charge in [0.2, 0.25) is 0 Å². The van der Waals surface area contributed by atoms with E-state index < -0.39 is 0 Å². The third kappa shape index (κ3) is 2.71. The number of thiazole rings is 1. The Balaban J connectivity index is 2.07. The molecule has 0 N–H and O–H groups in total. The minimum atomic E-state index is -0.124. The van der Waals surface area contributed by atoms with Gasteiger partial charge in [0.1, 0.15) is 11.3 Å². The molecule has 3 aromatic rings. The van der Waals surface area contributed by atoms with Crippen molar-refractivity contribution < 1.29 is 9.53 Å². The van der Waals surface area contributed by atoms with E-state index in [0.717, 1.165) is 26.4 Å². The van der Waals surface area contributed by atoms with Crippen LogP contribution in [0.4, 0.5) is 0 Å². The Morgan fingerprint density at radius 1 is 1.36 bits per heavy atom. The van der Waals surface area contributed by atoms with Gasteiger partial charge in [-0.3, -0.25) is 4.79 Å². The number of hydrogen-bond donors (Lipinski definition) is 0. The van der Waals surface area contributed by atoms with Crippen LogP contribution in [0.2, 0.25) is 0 Å². The molecule has 0 aliphatic carbocycles. The highest BCUT2D eigenvalue weighted by atomic mass is 32.1. The Hall–Kier alpha value is -1.92. The second kappa shape index (κ2) is 6.06. The van der Waals surface area contributed by atoms with Gasteiger partial charge in [-0.1, -0.05) is 23.5 Å². The molecule has 2 heterocycles. The molecule has 0 aliphatic heterocycles. The molecule has 114 valence electrons. The second-order valence-corrected chi connectivity index (χ2v) is 6.98. The largest absolute Gasteiger partial charge is 0.495 e. The Labute approximate surface area is 136 Å². The molecule has 0 spiro atoms. The molecule has 1 aromatic carbocycles. The summed E-state index contributed by atoms with van der Waals surface area (Å²) in [5, 5.41) is 1.97. The minimum absolute atomic E-state index is 0.124. The zero-order valence-electron chi connectivity index (χ0n) is 12.6. The van der Waals surface area contributed by atoms with Crippen molar-refractivity contribution in [2.24, 2.45) is 12.0 Å². The quantitative estimate of drug-likeness (QED) is 0.739. The monoisotopic (exact) mass is 332 g/mol. The Kier molecular flexibility index (Phi) is 4.13. The number of aryl methyl sites for hydroxylation is 2. The molecule has 0 atom stereocenters. The SMILES string of the molecule is COc1ccc(C)c2sc(=NC(=O)Cc3cccs3)n(C)c12. The summed E-state index contributed by atoms with van der Waals surface area (Å²) in [6.45, 7) is 2.05. The molecule has 0 unspecified atom stereocenters. The van der Waals surface area contributed by atoms with Gasteiger partial charge in [0.15, 0.2) is 4.80 Å². The summed E-state index contributed by atoms with van der Waals surface area (Å²) >= 11 is 3.10. The lowest BCUT2D eigenvalue weighted by atomic mass is 10.2. The van der Waals surface area contributed by atoms with Crippen LogP contribution >= 0.6 is 22.7 Å². The normalized spacial score (nSPS) is 12.0. The third-order valence-electron chi connectivity index (χ3n) is 3.45. The average Bonchev–Trinajstić information content (AvgIpc) is 3.10. The Morgan fingerprint density at radius 2 is 2.18 bits per heavy atom. The standard InChI is InChI=1S/C16H16N2O2S2/c1-10-6-7-12(20-3)14-15(10)22-16(18(14)2)17-13(19)9-11-5-4-8-21-11/h4-8H,9H2,1-3H3. The fourth-order valence-corrected chi connectivity index (χ4v) is 4.14. The zero-order chi connectivity index (χ0) is 15.7. The van der Waals surface area contributed by atoms with Crippen LogP contribution in [0.5, 0.6) is 5.75 Å². The molecule has 4 nitrogen and oxygen atoms in total. The van der Waals surface area contributed by atoms with Gasteiger partial charge in [-0.15, -0.1) is 11.3 Å². The first-order chi connectivity index (χ1) is 10.6. The molecule has 3 rings (SSSR count). The summed E-state index contributed by atoms with van der Waals surface area (Å²) in [5.74, 6) is 0.674. The van der Waals surface area contributed by atoms with Crippen molar-refractivity contribution in [3.63, 3.8) is 0 Å². The molecule has 0 bridgehead atoms. The predicted octanol–water partition coefficient (Wildman–Crippen LogP) is 3.29. The summed E-state index contributed by atoms with van der Waals surface area (Å²) in [6.07, 6.45) is 0.349. The maximum absolute atomic E-state index is 12.2. The number of benzene rings is 1. The number of fused-ring (bicyclic) bond motifs is 1. The number of hydrogen-bond acceptors (Lipinski definition) is 4. The Bertz CT molecular complexity index is 889. The van der Waals surface area contributed by atoms with E-state index in [2.05, 4.69) is 11.9 Å².